The van der Waals surface area contributed by atoms with E-state index in [0.29, 0.717) is 5.56 Å². The lowest BCUT2D eigenvalue weighted by Gasteiger charge is -2.33. The van der Waals surface area contributed by atoms with Crippen LogP contribution in [0.5, 0.6) is 0 Å². The monoisotopic (exact) mass is 269 g/mol. The lowest BCUT2D eigenvalue weighted by atomic mass is 10.0. The summed E-state index contributed by atoms with van der Waals surface area (Å²) in [4.78, 5) is 11.1. The zero-order valence-electron chi connectivity index (χ0n) is 10.2. The van der Waals surface area contributed by atoms with Gasteiger partial charge in [0.1, 0.15) is 17.8 Å². The molecule has 1 amide bonds. The van der Waals surface area contributed by atoms with Gasteiger partial charge in [0.15, 0.2) is 12.4 Å². The summed E-state index contributed by atoms with van der Waals surface area (Å²) in [5.74, 6) is -0.565. The predicted octanol–water partition coefficient (Wildman–Crippen LogP) is -1.93. The largest absolute Gasteiger partial charge is 0.394 e. The number of carbonyl (C=O) groups is 1. The van der Waals surface area contributed by atoms with Gasteiger partial charge in [0.05, 0.1) is 19.1 Å². The van der Waals surface area contributed by atoms with Crippen LogP contribution >= 0.6 is 0 Å². The Hall–Kier alpha value is -1.54. The van der Waals surface area contributed by atoms with Gasteiger partial charge in [-0.3, -0.25) is 4.79 Å². The smallest absolute Gasteiger partial charge is 0.265 e. The van der Waals surface area contributed by atoms with E-state index in [1.54, 1.807) is 22.9 Å². The molecular formula is C12H17N2O5+. The van der Waals surface area contributed by atoms with Crippen molar-refractivity contribution in [3.8, 4) is 0 Å². The van der Waals surface area contributed by atoms with Crippen molar-refractivity contribution in [2.75, 3.05) is 6.61 Å². The Morgan fingerprint density at radius 1 is 1.53 bits per heavy atom. The van der Waals surface area contributed by atoms with E-state index < -0.39 is 37.1 Å². The van der Waals surface area contributed by atoms with Gasteiger partial charge < -0.3 is 25.8 Å². The summed E-state index contributed by atoms with van der Waals surface area (Å²) < 4.78 is 7.07. The maximum absolute atomic E-state index is 11.1. The third-order valence-electron chi connectivity index (χ3n) is 3.17. The van der Waals surface area contributed by atoms with Gasteiger partial charge >= 0.3 is 0 Å². The molecule has 1 fully saturated rings. The minimum Gasteiger partial charge on any atom is -0.394 e. The van der Waals surface area contributed by atoms with E-state index in [-0.39, 0.29) is 6.42 Å². The molecule has 0 aliphatic carbocycles. The third kappa shape index (κ3) is 2.90. The summed E-state index contributed by atoms with van der Waals surface area (Å²) in [5.41, 5.74) is 5.50. The molecule has 0 spiro atoms. The van der Waals surface area contributed by atoms with E-state index >= 15 is 0 Å². The highest BCUT2D eigenvalue weighted by Crippen LogP contribution is 2.23. The fraction of sp³-hybridized carbons (Fsp3) is 0.500. The van der Waals surface area contributed by atoms with Crippen molar-refractivity contribution in [1.82, 2.24) is 0 Å². The van der Waals surface area contributed by atoms with Crippen LogP contribution in [0.4, 0.5) is 0 Å². The minimum atomic E-state index is -1.12. The molecule has 0 aromatic carbocycles. The Bertz CT molecular complexity index is 467. The van der Waals surface area contributed by atoms with Gasteiger partial charge in [0, 0.05) is 6.07 Å². The Labute approximate surface area is 109 Å². The number of rotatable bonds is 3. The van der Waals surface area contributed by atoms with E-state index in [1.807, 2.05) is 0 Å². The highest BCUT2D eigenvalue weighted by atomic mass is 16.5. The molecule has 1 aromatic rings. The molecule has 2 heterocycles. The number of carbonyl (C=O) groups excluding carboxylic acids is 1. The number of amides is 1. The number of aliphatic hydroxyl groups is 3. The molecule has 0 unspecified atom stereocenters. The summed E-state index contributed by atoms with van der Waals surface area (Å²) in [6, 6.07) is 3.20. The molecular weight excluding hydrogens is 252 g/mol. The van der Waals surface area contributed by atoms with Crippen molar-refractivity contribution in [3.05, 3.63) is 30.1 Å². The van der Waals surface area contributed by atoms with E-state index in [0.717, 1.165) is 0 Å². The first-order valence-electron chi connectivity index (χ1n) is 5.96. The fourth-order valence-electron chi connectivity index (χ4n) is 2.09. The minimum absolute atomic E-state index is 0.157. The quantitative estimate of drug-likeness (QED) is 0.477. The summed E-state index contributed by atoms with van der Waals surface area (Å²) in [6.45, 7) is -0.398. The normalized spacial score (nSPS) is 31.1. The molecule has 104 valence electrons. The van der Waals surface area contributed by atoms with Gasteiger partial charge in [-0.05, 0) is 6.07 Å². The number of primary amides is 1. The van der Waals surface area contributed by atoms with Crippen molar-refractivity contribution < 1.29 is 29.4 Å². The SMILES string of the molecule is NC(=O)c1ccc[n+]([C@H]2C[C@@H](O)[C@H](O)[C@@H](CO)O2)c1. The predicted molar refractivity (Wildman–Crippen MR) is 62.8 cm³/mol. The second kappa shape index (κ2) is 5.62. The molecule has 19 heavy (non-hydrogen) atoms. The van der Waals surface area contributed by atoms with Crippen molar-refractivity contribution in [2.24, 2.45) is 5.73 Å². The van der Waals surface area contributed by atoms with Crippen LogP contribution < -0.4 is 10.3 Å². The first-order chi connectivity index (χ1) is 9.02. The van der Waals surface area contributed by atoms with Crippen LogP contribution in [0.1, 0.15) is 23.0 Å². The van der Waals surface area contributed by atoms with Gasteiger partial charge in [-0.1, -0.05) is 0 Å². The van der Waals surface area contributed by atoms with Crippen molar-refractivity contribution in [1.29, 1.82) is 0 Å². The summed E-state index contributed by atoms with van der Waals surface area (Å²) in [6.07, 6.45) is -0.234. The molecule has 7 nitrogen and oxygen atoms in total. The molecule has 5 N–H and O–H groups in total. The Morgan fingerprint density at radius 2 is 2.26 bits per heavy atom. The number of hydrogen-bond acceptors (Lipinski definition) is 5. The van der Waals surface area contributed by atoms with Gasteiger partial charge in [-0.2, -0.15) is 4.57 Å². The third-order valence-corrected chi connectivity index (χ3v) is 3.17. The standard InChI is InChI=1S/C12H16N2O5/c13-12(18)7-2-1-3-14(5-7)10-4-8(16)11(17)9(6-15)19-10/h1-3,5,8-11,15-17H,4,6H2,(H-,13,18)/p+1/t8-,9-,10-,11+/m1/s1. The molecule has 1 saturated heterocycles. The Balaban J connectivity index is 2.22. The maximum atomic E-state index is 11.1. The highest BCUT2D eigenvalue weighted by molar-refractivity contribution is 5.92. The van der Waals surface area contributed by atoms with Crippen LogP contribution in [0.3, 0.4) is 0 Å². The van der Waals surface area contributed by atoms with Crippen LogP contribution in [-0.4, -0.2) is 46.1 Å². The lowest BCUT2D eigenvalue weighted by molar-refractivity contribution is -0.770. The van der Waals surface area contributed by atoms with Crippen molar-refractivity contribution in [3.63, 3.8) is 0 Å². The van der Waals surface area contributed by atoms with E-state index in [4.69, 9.17) is 15.6 Å². The van der Waals surface area contributed by atoms with Gasteiger partial charge in [0.2, 0.25) is 0 Å². The number of pyridine rings is 1. The summed E-state index contributed by atoms with van der Waals surface area (Å²) in [7, 11) is 0. The second-order valence-corrected chi connectivity index (χ2v) is 4.51. The number of aliphatic hydroxyl groups excluding tert-OH is 3. The second-order valence-electron chi connectivity index (χ2n) is 4.51. The van der Waals surface area contributed by atoms with Gasteiger partial charge in [-0.25, -0.2) is 0 Å². The number of nitrogens with zero attached hydrogens (tertiary/aromatic N) is 1. The topological polar surface area (TPSA) is 117 Å². The number of aromatic nitrogens is 1. The van der Waals surface area contributed by atoms with E-state index in [1.165, 1.54) is 6.20 Å². The molecule has 0 saturated carbocycles. The molecule has 1 aliphatic heterocycles. The molecule has 7 heteroatoms. The zero-order chi connectivity index (χ0) is 14.0. The Morgan fingerprint density at radius 3 is 2.89 bits per heavy atom. The fourth-order valence-corrected chi connectivity index (χ4v) is 2.09. The molecule has 4 atom stereocenters. The maximum Gasteiger partial charge on any atom is 0.265 e. The zero-order valence-corrected chi connectivity index (χ0v) is 10.2. The van der Waals surface area contributed by atoms with Gasteiger partial charge in [0.25, 0.3) is 12.1 Å². The van der Waals surface area contributed by atoms with Crippen molar-refractivity contribution in [2.45, 2.75) is 31.0 Å². The average molecular weight is 269 g/mol. The molecule has 0 bridgehead atoms. The lowest BCUT2D eigenvalue weighted by Crippen LogP contribution is -2.55. The van der Waals surface area contributed by atoms with Crippen LogP contribution in [-0.2, 0) is 4.74 Å². The van der Waals surface area contributed by atoms with Crippen LogP contribution in [0.15, 0.2) is 24.5 Å². The van der Waals surface area contributed by atoms with E-state index in [2.05, 4.69) is 0 Å². The number of nitrogens with two attached hydrogens (primary N) is 1. The summed E-state index contributed by atoms with van der Waals surface area (Å²) >= 11 is 0. The van der Waals surface area contributed by atoms with E-state index in [9.17, 15) is 15.0 Å². The highest BCUT2D eigenvalue weighted by Gasteiger charge is 2.40. The first-order valence-corrected chi connectivity index (χ1v) is 5.96. The molecule has 0 radical (unpaired) electrons. The first kappa shape index (κ1) is 13.9. The number of ether oxygens (including phenoxy) is 1. The van der Waals surface area contributed by atoms with Gasteiger partial charge in [-0.15, -0.1) is 0 Å². The van der Waals surface area contributed by atoms with Crippen LogP contribution in [0, 0.1) is 0 Å². The number of hydrogen-bond donors (Lipinski definition) is 4. The Kier molecular flexibility index (Phi) is 4.11. The molecule has 1 aliphatic rings. The van der Waals surface area contributed by atoms with Crippen LogP contribution in [0.2, 0.25) is 0 Å². The molecule has 2 rings (SSSR count). The van der Waals surface area contributed by atoms with Crippen LogP contribution in [0.25, 0.3) is 0 Å². The summed E-state index contributed by atoms with van der Waals surface area (Å²) in [5, 5.41) is 28.5. The average Bonchev–Trinajstić information content (AvgIpc) is 2.41. The van der Waals surface area contributed by atoms with Crippen molar-refractivity contribution >= 4 is 5.91 Å². The molecule has 1 aromatic heterocycles.